The van der Waals surface area contributed by atoms with Crippen molar-refractivity contribution in [3.8, 4) is 17.1 Å². The minimum atomic E-state index is 0.152. The molecule has 0 spiro atoms. The van der Waals surface area contributed by atoms with Crippen molar-refractivity contribution >= 4 is 17.5 Å². The molecule has 6 nitrogen and oxygen atoms in total. The number of aromatic nitrogens is 3. The lowest BCUT2D eigenvalue weighted by Crippen LogP contribution is -2.11. The predicted molar refractivity (Wildman–Crippen MR) is 103 cm³/mol. The molecule has 0 bridgehead atoms. The molecule has 0 fully saturated rings. The van der Waals surface area contributed by atoms with E-state index in [1.54, 1.807) is 7.11 Å². The van der Waals surface area contributed by atoms with Gasteiger partial charge < -0.3 is 10.6 Å². The summed E-state index contributed by atoms with van der Waals surface area (Å²) in [6, 6.07) is 16.8. The van der Waals surface area contributed by atoms with Crippen molar-refractivity contribution < 1.29 is 9.53 Å². The highest BCUT2D eigenvalue weighted by atomic mass is 32.2. The van der Waals surface area contributed by atoms with Gasteiger partial charge in [0.25, 0.3) is 0 Å². The van der Waals surface area contributed by atoms with E-state index in [1.165, 1.54) is 16.4 Å². The minimum Gasteiger partial charge on any atom is -0.497 e. The Labute approximate surface area is 156 Å². The Kier molecular flexibility index (Phi) is 5.91. The third-order valence-electron chi connectivity index (χ3n) is 3.89. The minimum absolute atomic E-state index is 0.152. The highest BCUT2D eigenvalue weighted by Gasteiger charge is 2.12. The molecule has 0 saturated carbocycles. The van der Waals surface area contributed by atoms with Gasteiger partial charge in [-0.25, -0.2) is 4.68 Å². The van der Waals surface area contributed by atoms with E-state index in [9.17, 15) is 4.79 Å². The number of hydrogen-bond acceptors (Lipinski definition) is 6. The summed E-state index contributed by atoms with van der Waals surface area (Å²) in [5.41, 5.74) is 1.62. The van der Waals surface area contributed by atoms with Crippen LogP contribution in [0.4, 0.5) is 0 Å². The Morgan fingerprint density at radius 3 is 2.54 bits per heavy atom. The SMILES string of the molecule is COc1ccc(-c2nnc(SCCCC(=O)c3ccccc3)n2N)cc1. The first kappa shape index (κ1) is 18.0. The number of thioether (sulfide) groups is 1. The van der Waals surface area contributed by atoms with Crippen LogP contribution in [0.5, 0.6) is 5.75 Å². The van der Waals surface area contributed by atoms with Crippen molar-refractivity contribution in [1.29, 1.82) is 0 Å². The zero-order chi connectivity index (χ0) is 18.4. The van der Waals surface area contributed by atoms with Crippen molar-refractivity contribution in [2.24, 2.45) is 0 Å². The molecule has 0 aliphatic rings. The van der Waals surface area contributed by atoms with E-state index in [2.05, 4.69) is 10.2 Å². The van der Waals surface area contributed by atoms with Gasteiger partial charge in [-0.2, -0.15) is 0 Å². The summed E-state index contributed by atoms with van der Waals surface area (Å²) in [5, 5.41) is 8.93. The van der Waals surface area contributed by atoms with Gasteiger partial charge in [-0.1, -0.05) is 42.1 Å². The van der Waals surface area contributed by atoms with Gasteiger partial charge in [0.2, 0.25) is 5.16 Å². The fourth-order valence-corrected chi connectivity index (χ4v) is 3.27. The Hall–Kier alpha value is -2.80. The molecule has 3 aromatic rings. The second kappa shape index (κ2) is 8.53. The number of carbonyl (C=O) groups is 1. The molecule has 1 heterocycles. The molecular formula is C19H20N4O2S. The molecule has 3 rings (SSSR count). The van der Waals surface area contributed by atoms with E-state index in [-0.39, 0.29) is 5.78 Å². The molecule has 7 heteroatoms. The monoisotopic (exact) mass is 368 g/mol. The first-order chi connectivity index (χ1) is 12.7. The number of benzene rings is 2. The third-order valence-corrected chi connectivity index (χ3v) is 4.92. The Balaban J connectivity index is 1.54. The van der Waals surface area contributed by atoms with E-state index in [4.69, 9.17) is 10.6 Å². The largest absolute Gasteiger partial charge is 0.497 e. The lowest BCUT2D eigenvalue weighted by molar-refractivity contribution is 0.0982. The molecule has 0 atom stereocenters. The van der Waals surface area contributed by atoms with Gasteiger partial charge in [-0.3, -0.25) is 4.79 Å². The maximum atomic E-state index is 12.1. The first-order valence-corrected chi connectivity index (χ1v) is 9.23. The number of hydrogen-bond donors (Lipinski definition) is 1. The Bertz CT molecular complexity index is 863. The van der Waals surface area contributed by atoms with Crippen molar-refractivity contribution in [2.75, 3.05) is 18.7 Å². The summed E-state index contributed by atoms with van der Waals surface area (Å²) in [5.74, 6) is 8.38. The highest BCUT2D eigenvalue weighted by Crippen LogP contribution is 2.24. The van der Waals surface area contributed by atoms with Crippen molar-refractivity contribution in [2.45, 2.75) is 18.0 Å². The topological polar surface area (TPSA) is 83.0 Å². The summed E-state index contributed by atoms with van der Waals surface area (Å²) >= 11 is 1.49. The molecule has 2 aromatic carbocycles. The quantitative estimate of drug-likeness (QED) is 0.284. The first-order valence-electron chi connectivity index (χ1n) is 8.25. The average Bonchev–Trinajstić information content (AvgIpc) is 3.06. The van der Waals surface area contributed by atoms with Crippen molar-refractivity contribution in [3.05, 3.63) is 60.2 Å². The highest BCUT2D eigenvalue weighted by molar-refractivity contribution is 7.99. The maximum absolute atomic E-state index is 12.1. The molecular weight excluding hydrogens is 348 g/mol. The summed E-state index contributed by atoms with van der Waals surface area (Å²) in [7, 11) is 1.62. The van der Waals surface area contributed by atoms with Crippen molar-refractivity contribution in [3.63, 3.8) is 0 Å². The standard InChI is InChI=1S/C19H20N4O2S/c1-25-16-11-9-15(10-12-16)18-21-22-19(23(18)20)26-13-5-8-17(24)14-6-3-2-4-7-14/h2-4,6-7,9-12H,5,8,13,20H2,1H3. The predicted octanol–water partition coefficient (Wildman–Crippen LogP) is 3.42. The van der Waals surface area contributed by atoms with Gasteiger partial charge in [0.1, 0.15) is 5.75 Å². The number of ether oxygens (including phenoxy) is 1. The summed E-state index contributed by atoms with van der Waals surface area (Å²) in [6.45, 7) is 0. The van der Waals surface area contributed by atoms with Crippen LogP contribution < -0.4 is 10.6 Å². The fourth-order valence-electron chi connectivity index (χ4n) is 2.48. The summed E-state index contributed by atoms with van der Waals surface area (Å²) in [4.78, 5) is 12.1. The number of nitrogens with zero attached hydrogens (tertiary/aromatic N) is 3. The Morgan fingerprint density at radius 1 is 1.12 bits per heavy atom. The molecule has 0 unspecified atom stereocenters. The van der Waals surface area contributed by atoms with Gasteiger partial charge in [0.15, 0.2) is 11.6 Å². The van der Waals surface area contributed by atoms with Gasteiger partial charge in [-0.05, 0) is 30.7 Å². The molecule has 0 aliphatic carbocycles. The zero-order valence-electron chi connectivity index (χ0n) is 14.5. The van der Waals surface area contributed by atoms with Crippen LogP contribution in [0.15, 0.2) is 59.8 Å². The molecule has 0 amide bonds. The molecule has 1 aromatic heterocycles. The number of ketones is 1. The van der Waals surface area contributed by atoms with Crippen LogP contribution >= 0.6 is 11.8 Å². The van der Waals surface area contributed by atoms with Crippen LogP contribution in [0.2, 0.25) is 0 Å². The number of nitrogen functional groups attached to an aromatic ring is 1. The summed E-state index contributed by atoms with van der Waals surface area (Å²) < 4.78 is 6.63. The second-order valence-electron chi connectivity index (χ2n) is 5.65. The zero-order valence-corrected chi connectivity index (χ0v) is 15.3. The van der Waals surface area contributed by atoms with E-state index < -0.39 is 0 Å². The molecule has 0 radical (unpaired) electrons. The van der Waals surface area contributed by atoms with E-state index in [0.717, 1.165) is 29.1 Å². The normalized spacial score (nSPS) is 10.7. The maximum Gasteiger partial charge on any atom is 0.210 e. The van der Waals surface area contributed by atoms with Gasteiger partial charge >= 0.3 is 0 Å². The molecule has 2 N–H and O–H groups in total. The lowest BCUT2D eigenvalue weighted by atomic mass is 10.1. The Morgan fingerprint density at radius 2 is 1.85 bits per heavy atom. The van der Waals surface area contributed by atoms with Gasteiger partial charge in [0.05, 0.1) is 7.11 Å². The van der Waals surface area contributed by atoms with Gasteiger partial charge in [0, 0.05) is 23.3 Å². The molecule has 0 aliphatic heterocycles. The number of carbonyl (C=O) groups excluding carboxylic acids is 1. The third kappa shape index (κ3) is 4.23. The van der Waals surface area contributed by atoms with Crippen LogP contribution in [-0.2, 0) is 0 Å². The smallest absolute Gasteiger partial charge is 0.210 e. The number of nitrogens with two attached hydrogens (primary N) is 1. The lowest BCUT2D eigenvalue weighted by Gasteiger charge is -2.05. The van der Waals surface area contributed by atoms with Crippen LogP contribution in [0.3, 0.4) is 0 Å². The van der Waals surface area contributed by atoms with Crippen LogP contribution in [0.1, 0.15) is 23.2 Å². The van der Waals surface area contributed by atoms with E-state index >= 15 is 0 Å². The molecule has 26 heavy (non-hydrogen) atoms. The van der Waals surface area contributed by atoms with E-state index in [0.29, 0.717) is 17.4 Å². The van der Waals surface area contributed by atoms with Crippen LogP contribution in [0.25, 0.3) is 11.4 Å². The van der Waals surface area contributed by atoms with Crippen LogP contribution in [0, 0.1) is 0 Å². The number of methoxy groups -OCH3 is 1. The summed E-state index contributed by atoms with van der Waals surface area (Å²) in [6.07, 6.45) is 1.25. The second-order valence-corrected chi connectivity index (χ2v) is 6.71. The fraction of sp³-hybridized carbons (Fsp3) is 0.211. The molecule has 0 saturated heterocycles. The molecule has 134 valence electrons. The van der Waals surface area contributed by atoms with E-state index in [1.807, 2.05) is 54.6 Å². The average molecular weight is 368 g/mol. The van der Waals surface area contributed by atoms with Crippen molar-refractivity contribution in [1.82, 2.24) is 14.9 Å². The van der Waals surface area contributed by atoms with Gasteiger partial charge in [-0.15, -0.1) is 10.2 Å². The van der Waals surface area contributed by atoms with Crippen LogP contribution in [-0.4, -0.2) is 33.5 Å². The number of rotatable bonds is 8. The number of Topliss-reactive ketones (excluding diaryl/α,β-unsaturated/α-hetero) is 1.